The Kier molecular flexibility index (Phi) is 4.37. The molecule has 20 heavy (non-hydrogen) atoms. The Balaban J connectivity index is 2.17. The lowest BCUT2D eigenvalue weighted by molar-refractivity contribution is -0.142. The molecule has 1 aliphatic rings. The van der Waals surface area contributed by atoms with Crippen molar-refractivity contribution < 1.29 is 14.3 Å². The topological polar surface area (TPSA) is 38.8 Å². The number of anilines is 1. The standard InChI is InChI=1S/C13H12Cl3NO3/c1-17(2)9-5-3-8(4-6-9)7-10-11(18)20-12(19-10)13(14,15)16/h3-7,12H,1-2H3/b10-7-. The summed E-state index contributed by atoms with van der Waals surface area (Å²) in [6.07, 6.45) is 0.311. The summed E-state index contributed by atoms with van der Waals surface area (Å²) < 4.78 is 8.22. The maximum atomic E-state index is 11.6. The Labute approximate surface area is 131 Å². The number of nitrogens with zero attached hydrogens (tertiary/aromatic N) is 1. The highest BCUT2D eigenvalue weighted by Crippen LogP contribution is 2.38. The number of halogens is 3. The zero-order valence-corrected chi connectivity index (χ0v) is 13.0. The molecule has 0 radical (unpaired) electrons. The fourth-order valence-electron chi connectivity index (χ4n) is 1.59. The first-order valence-corrected chi connectivity index (χ1v) is 6.84. The van der Waals surface area contributed by atoms with E-state index in [-0.39, 0.29) is 5.76 Å². The van der Waals surface area contributed by atoms with Gasteiger partial charge in [0.05, 0.1) is 0 Å². The number of hydrogen-bond acceptors (Lipinski definition) is 4. The average Bonchev–Trinajstić information content (AvgIpc) is 2.71. The van der Waals surface area contributed by atoms with E-state index < -0.39 is 16.1 Å². The summed E-state index contributed by atoms with van der Waals surface area (Å²) in [5.74, 6) is -0.642. The number of benzene rings is 1. The molecule has 4 nitrogen and oxygen atoms in total. The number of hydrogen-bond donors (Lipinski definition) is 0. The van der Waals surface area contributed by atoms with Crippen molar-refractivity contribution in [3.8, 4) is 0 Å². The van der Waals surface area contributed by atoms with E-state index in [2.05, 4.69) is 0 Å². The van der Waals surface area contributed by atoms with Crippen LogP contribution in [0.2, 0.25) is 0 Å². The molecule has 0 saturated carbocycles. The van der Waals surface area contributed by atoms with E-state index in [1.807, 2.05) is 43.3 Å². The SMILES string of the molecule is CN(C)c1ccc(/C=C2\OC(C(Cl)(Cl)Cl)OC2=O)cc1. The monoisotopic (exact) mass is 335 g/mol. The average molecular weight is 337 g/mol. The third kappa shape index (κ3) is 3.51. The lowest BCUT2D eigenvalue weighted by Crippen LogP contribution is -2.26. The van der Waals surface area contributed by atoms with Crippen LogP contribution in [0.5, 0.6) is 0 Å². The van der Waals surface area contributed by atoms with E-state index >= 15 is 0 Å². The van der Waals surface area contributed by atoms with E-state index in [0.29, 0.717) is 0 Å². The normalized spacial score (nSPS) is 20.8. The molecule has 1 heterocycles. The second-order valence-electron chi connectivity index (χ2n) is 4.39. The number of rotatable bonds is 2. The van der Waals surface area contributed by atoms with E-state index in [4.69, 9.17) is 44.3 Å². The summed E-state index contributed by atoms with van der Waals surface area (Å²) in [5.41, 5.74) is 1.83. The van der Waals surface area contributed by atoms with Gasteiger partial charge >= 0.3 is 5.97 Å². The molecule has 1 unspecified atom stereocenters. The van der Waals surface area contributed by atoms with Crippen LogP contribution in [0.15, 0.2) is 30.0 Å². The largest absolute Gasteiger partial charge is 0.443 e. The van der Waals surface area contributed by atoms with E-state index in [1.165, 1.54) is 6.08 Å². The molecule has 0 bridgehead atoms. The van der Waals surface area contributed by atoms with Crippen LogP contribution in [0.25, 0.3) is 6.08 Å². The van der Waals surface area contributed by atoms with Crippen molar-refractivity contribution in [3.05, 3.63) is 35.6 Å². The van der Waals surface area contributed by atoms with Crippen molar-refractivity contribution in [2.75, 3.05) is 19.0 Å². The number of carbonyl (C=O) groups excluding carboxylic acids is 1. The van der Waals surface area contributed by atoms with Crippen LogP contribution in [0.1, 0.15) is 5.56 Å². The van der Waals surface area contributed by atoms with Crippen molar-refractivity contribution in [2.24, 2.45) is 0 Å². The Hall–Kier alpha value is -1.10. The van der Waals surface area contributed by atoms with Crippen molar-refractivity contribution in [1.29, 1.82) is 0 Å². The maximum Gasteiger partial charge on any atom is 0.377 e. The maximum absolute atomic E-state index is 11.6. The summed E-state index contributed by atoms with van der Waals surface area (Å²) in [7, 11) is 3.88. The van der Waals surface area contributed by atoms with Crippen LogP contribution in [0.3, 0.4) is 0 Å². The van der Waals surface area contributed by atoms with Crippen molar-refractivity contribution in [3.63, 3.8) is 0 Å². The first-order chi connectivity index (χ1) is 9.27. The van der Waals surface area contributed by atoms with Crippen LogP contribution >= 0.6 is 34.8 Å². The lowest BCUT2D eigenvalue weighted by atomic mass is 10.2. The minimum absolute atomic E-state index is 0.0129. The van der Waals surface area contributed by atoms with Crippen LogP contribution in [-0.4, -0.2) is 30.1 Å². The van der Waals surface area contributed by atoms with Crippen LogP contribution in [0, 0.1) is 0 Å². The molecular formula is C13H12Cl3NO3. The molecule has 1 saturated heterocycles. The summed E-state index contributed by atoms with van der Waals surface area (Å²) in [5, 5.41) is 0. The van der Waals surface area contributed by atoms with E-state index in [1.54, 1.807) is 0 Å². The molecule has 1 aliphatic heterocycles. The molecule has 1 aromatic carbocycles. The highest BCUT2D eigenvalue weighted by Gasteiger charge is 2.44. The molecule has 0 N–H and O–H groups in total. The quantitative estimate of drug-likeness (QED) is 0.471. The van der Waals surface area contributed by atoms with E-state index in [9.17, 15) is 4.79 Å². The number of carbonyl (C=O) groups is 1. The highest BCUT2D eigenvalue weighted by atomic mass is 35.6. The number of alkyl halides is 3. The van der Waals surface area contributed by atoms with Gasteiger partial charge < -0.3 is 14.4 Å². The Morgan fingerprint density at radius 2 is 1.75 bits per heavy atom. The summed E-state index contributed by atoms with van der Waals surface area (Å²) in [6, 6.07) is 7.53. The van der Waals surface area contributed by atoms with Crippen LogP contribution in [-0.2, 0) is 14.3 Å². The Morgan fingerprint density at radius 1 is 1.15 bits per heavy atom. The number of esters is 1. The van der Waals surface area contributed by atoms with Gasteiger partial charge in [-0.3, -0.25) is 0 Å². The van der Waals surface area contributed by atoms with Crippen LogP contribution < -0.4 is 4.90 Å². The van der Waals surface area contributed by atoms with Gasteiger partial charge in [-0.2, -0.15) is 0 Å². The molecule has 1 fully saturated rings. The minimum atomic E-state index is -1.82. The summed E-state index contributed by atoms with van der Waals surface area (Å²) in [4.78, 5) is 13.6. The molecule has 108 valence electrons. The molecule has 0 aromatic heterocycles. The fraction of sp³-hybridized carbons (Fsp3) is 0.308. The molecule has 1 aromatic rings. The van der Waals surface area contributed by atoms with Gasteiger partial charge in [-0.15, -0.1) is 0 Å². The van der Waals surface area contributed by atoms with Crippen molar-refractivity contribution in [1.82, 2.24) is 0 Å². The second kappa shape index (κ2) is 5.72. The van der Waals surface area contributed by atoms with E-state index in [0.717, 1.165) is 11.3 Å². The van der Waals surface area contributed by atoms with Gasteiger partial charge in [0, 0.05) is 19.8 Å². The predicted octanol–water partition coefficient (Wildman–Crippen LogP) is 3.36. The molecule has 2 rings (SSSR count). The third-order valence-electron chi connectivity index (χ3n) is 2.62. The van der Waals surface area contributed by atoms with Crippen LogP contribution in [0.4, 0.5) is 5.69 Å². The molecule has 1 atom stereocenters. The zero-order valence-electron chi connectivity index (χ0n) is 10.8. The first-order valence-electron chi connectivity index (χ1n) is 5.71. The van der Waals surface area contributed by atoms with Crippen molar-refractivity contribution in [2.45, 2.75) is 10.1 Å². The second-order valence-corrected chi connectivity index (χ2v) is 6.76. The lowest BCUT2D eigenvalue weighted by Gasteiger charge is -2.16. The minimum Gasteiger partial charge on any atom is -0.443 e. The van der Waals surface area contributed by atoms with Gasteiger partial charge in [-0.1, -0.05) is 46.9 Å². The van der Waals surface area contributed by atoms with Gasteiger partial charge in [-0.25, -0.2) is 4.79 Å². The van der Waals surface area contributed by atoms with Gasteiger partial charge in [0.2, 0.25) is 5.76 Å². The van der Waals surface area contributed by atoms with Gasteiger partial charge in [-0.05, 0) is 23.8 Å². The Morgan fingerprint density at radius 3 is 2.20 bits per heavy atom. The zero-order chi connectivity index (χ0) is 14.9. The third-order valence-corrected chi connectivity index (χ3v) is 3.16. The molecule has 0 aliphatic carbocycles. The first kappa shape index (κ1) is 15.3. The molecule has 0 spiro atoms. The molecule has 0 amide bonds. The van der Waals surface area contributed by atoms with Gasteiger partial charge in [0.25, 0.3) is 10.1 Å². The van der Waals surface area contributed by atoms with Gasteiger partial charge in [0.1, 0.15) is 0 Å². The smallest absolute Gasteiger partial charge is 0.377 e. The van der Waals surface area contributed by atoms with Crippen molar-refractivity contribution >= 4 is 52.5 Å². The predicted molar refractivity (Wildman–Crippen MR) is 80.0 cm³/mol. The fourth-order valence-corrected chi connectivity index (χ4v) is 1.86. The number of cyclic esters (lactones) is 1. The van der Waals surface area contributed by atoms with Gasteiger partial charge in [0.15, 0.2) is 0 Å². The highest BCUT2D eigenvalue weighted by molar-refractivity contribution is 6.68. The molecule has 7 heteroatoms. The summed E-state index contributed by atoms with van der Waals surface area (Å²) >= 11 is 16.9. The Bertz CT molecular complexity index is 535. The molecular weight excluding hydrogens is 325 g/mol. The summed E-state index contributed by atoms with van der Waals surface area (Å²) in [6.45, 7) is 0. The number of ether oxygens (including phenoxy) is 2.